The molecule has 0 saturated carbocycles. The zero-order valence-corrected chi connectivity index (χ0v) is 14.0. The zero-order valence-electron chi connectivity index (χ0n) is 14.0. The molecular formula is C15H28N6O. The Labute approximate surface area is 133 Å². The quantitative estimate of drug-likeness (QED) is 0.794. The largest absolute Gasteiger partial charge is 0.378 e. The first-order valence-corrected chi connectivity index (χ1v) is 8.04. The summed E-state index contributed by atoms with van der Waals surface area (Å²) in [6.07, 6.45) is 0. The van der Waals surface area contributed by atoms with Crippen LogP contribution in [0.1, 0.15) is 13.8 Å². The van der Waals surface area contributed by atoms with Gasteiger partial charge in [0.15, 0.2) is 0 Å². The molecule has 1 aromatic heterocycles. The average Bonchev–Trinajstić information content (AvgIpc) is 2.56. The molecule has 1 aliphatic rings. The van der Waals surface area contributed by atoms with Crippen LogP contribution in [0.5, 0.6) is 0 Å². The minimum Gasteiger partial charge on any atom is -0.378 e. The predicted molar refractivity (Wildman–Crippen MR) is 90.5 cm³/mol. The van der Waals surface area contributed by atoms with E-state index in [4.69, 9.17) is 10.5 Å². The number of ether oxygens (including phenoxy) is 1. The summed E-state index contributed by atoms with van der Waals surface area (Å²) in [5.74, 6) is 2.09. The highest BCUT2D eigenvalue weighted by Gasteiger charge is 2.15. The van der Waals surface area contributed by atoms with E-state index >= 15 is 0 Å². The highest BCUT2D eigenvalue weighted by atomic mass is 16.5. The second-order valence-corrected chi connectivity index (χ2v) is 5.49. The third kappa shape index (κ3) is 4.45. The molecule has 0 bridgehead atoms. The fraction of sp³-hybridized carbons (Fsp3) is 0.733. The monoisotopic (exact) mass is 308 g/mol. The summed E-state index contributed by atoms with van der Waals surface area (Å²) in [5.41, 5.74) is 5.89. The summed E-state index contributed by atoms with van der Waals surface area (Å²) < 4.78 is 5.39. The van der Waals surface area contributed by atoms with Crippen molar-refractivity contribution in [2.75, 3.05) is 75.1 Å². The number of likely N-dealkylation sites (N-methyl/N-ethyl adjacent to an activating group) is 2. The zero-order chi connectivity index (χ0) is 15.9. The number of anilines is 3. The van der Waals surface area contributed by atoms with Gasteiger partial charge >= 0.3 is 0 Å². The van der Waals surface area contributed by atoms with Gasteiger partial charge in [0.05, 0.1) is 13.2 Å². The molecule has 22 heavy (non-hydrogen) atoms. The molecule has 0 amide bonds. The van der Waals surface area contributed by atoms with E-state index in [2.05, 4.69) is 38.5 Å². The Morgan fingerprint density at radius 1 is 1.18 bits per heavy atom. The molecule has 124 valence electrons. The second-order valence-electron chi connectivity index (χ2n) is 5.49. The summed E-state index contributed by atoms with van der Waals surface area (Å²) in [7, 11) is 2.05. The van der Waals surface area contributed by atoms with Gasteiger partial charge in [-0.2, -0.15) is 9.97 Å². The van der Waals surface area contributed by atoms with Crippen LogP contribution in [0.25, 0.3) is 0 Å². The first-order valence-electron chi connectivity index (χ1n) is 8.04. The van der Waals surface area contributed by atoms with Crippen LogP contribution >= 0.6 is 0 Å². The van der Waals surface area contributed by atoms with Gasteiger partial charge in [0, 0.05) is 39.3 Å². The van der Waals surface area contributed by atoms with Crippen molar-refractivity contribution >= 4 is 17.6 Å². The van der Waals surface area contributed by atoms with Gasteiger partial charge in [0.2, 0.25) is 5.95 Å². The third-order valence-electron chi connectivity index (χ3n) is 4.09. The average molecular weight is 308 g/mol. The molecule has 7 nitrogen and oxygen atoms in total. The van der Waals surface area contributed by atoms with Crippen molar-refractivity contribution in [2.24, 2.45) is 0 Å². The number of aromatic nitrogens is 2. The molecule has 0 atom stereocenters. The van der Waals surface area contributed by atoms with E-state index in [1.165, 1.54) is 0 Å². The van der Waals surface area contributed by atoms with Crippen LogP contribution in [0.15, 0.2) is 6.07 Å². The maximum absolute atomic E-state index is 5.89. The van der Waals surface area contributed by atoms with Crippen molar-refractivity contribution in [1.82, 2.24) is 14.9 Å². The van der Waals surface area contributed by atoms with Gasteiger partial charge in [0.25, 0.3) is 0 Å². The maximum Gasteiger partial charge on any atom is 0.223 e. The Bertz CT molecular complexity index is 459. The van der Waals surface area contributed by atoms with Crippen LogP contribution in [0.3, 0.4) is 0 Å². The molecule has 0 unspecified atom stereocenters. The molecule has 2 N–H and O–H groups in total. The normalized spacial score (nSPS) is 15.4. The molecule has 1 aromatic rings. The Morgan fingerprint density at radius 3 is 2.50 bits per heavy atom. The molecule has 1 fully saturated rings. The number of nitrogens with zero attached hydrogens (tertiary/aromatic N) is 5. The number of nitrogens with two attached hydrogens (primary N) is 1. The lowest BCUT2D eigenvalue weighted by Gasteiger charge is -2.29. The van der Waals surface area contributed by atoms with E-state index in [0.717, 1.165) is 64.1 Å². The van der Waals surface area contributed by atoms with Crippen molar-refractivity contribution in [2.45, 2.75) is 13.8 Å². The molecule has 1 saturated heterocycles. The van der Waals surface area contributed by atoms with Crippen molar-refractivity contribution in [1.29, 1.82) is 0 Å². The SMILES string of the molecule is CCN(CC)CCN(C)c1cc(N2CCOCC2)nc(N)n1. The fourth-order valence-electron chi connectivity index (χ4n) is 2.54. The Balaban J connectivity index is 2.04. The smallest absolute Gasteiger partial charge is 0.223 e. The molecule has 0 aliphatic carbocycles. The van der Waals surface area contributed by atoms with Gasteiger partial charge in [-0.15, -0.1) is 0 Å². The lowest BCUT2D eigenvalue weighted by molar-refractivity contribution is 0.122. The van der Waals surface area contributed by atoms with Crippen LogP contribution in [0.4, 0.5) is 17.6 Å². The highest BCUT2D eigenvalue weighted by molar-refractivity contribution is 5.53. The standard InChI is InChI=1S/C15H28N6O/c1-4-20(5-2)7-6-19(3)13-12-14(18-15(16)17-13)21-8-10-22-11-9-21/h12H,4-11H2,1-3H3,(H2,16,17,18). The lowest BCUT2D eigenvalue weighted by atomic mass is 10.3. The van der Waals surface area contributed by atoms with E-state index in [-0.39, 0.29) is 0 Å². The van der Waals surface area contributed by atoms with Crippen LogP contribution in [0, 0.1) is 0 Å². The Kier molecular flexibility index (Phi) is 6.21. The number of rotatable bonds is 7. The summed E-state index contributed by atoms with van der Waals surface area (Å²) in [6, 6.07) is 2.02. The van der Waals surface area contributed by atoms with Crippen molar-refractivity contribution in [3.8, 4) is 0 Å². The molecule has 0 spiro atoms. The van der Waals surface area contributed by atoms with Crippen molar-refractivity contribution in [3.05, 3.63) is 6.07 Å². The van der Waals surface area contributed by atoms with Crippen molar-refractivity contribution < 1.29 is 4.74 Å². The highest BCUT2D eigenvalue weighted by Crippen LogP contribution is 2.20. The molecule has 2 heterocycles. The fourth-order valence-corrected chi connectivity index (χ4v) is 2.54. The van der Waals surface area contributed by atoms with E-state index < -0.39 is 0 Å². The minimum atomic E-state index is 0.327. The summed E-state index contributed by atoms with van der Waals surface area (Å²) in [6.45, 7) is 11.6. The first-order chi connectivity index (χ1) is 10.6. The van der Waals surface area contributed by atoms with Crippen LogP contribution < -0.4 is 15.5 Å². The second kappa shape index (κ2) is 8.14. The van der Waals surface area contributed by atoms with E-state index in [1.807, 2.05) is 13.1 Å². The van der Waals surface area contributed by atoms with Gasteiger partial charge in [-0.05, 0) is 13.1 Å². The Morgan fingerprint density at radius 2 is 1.86 bits per heavy atom. The van der Waals surface area contributed by atoms with Gasteiger partial charge in [0.1, 0.15) is 11.6 Å². The third-order valence-corrected chi connectivity index (χ3v) is 4.09. The molecule has 2 rings (SSSR count). The first kappa shape index (κ1) is 16.8. The summed E-state index contributed by atoms with van der Waals surface area (Å²) in [4.78, 5) is 15.5. The van der Waals surface area contributed by atoms with Gasteiger partial charge in [-0.1, -0.05) is 13.8 Å². The topological polar surface area (TPSA) is 70.8 Å². The number of hydrogen-bond acceptors (Lipinski definition) is 7. The maximum atomic E-state index is 5.89. The van der Waals surface area contributed by atoms with E-state index in [0.29, 0.717) is 5.95 Å². The minimum absolute atomic E-state index is 0.327. The van der Waals surface area contributed by atoms with Crippen molar-refractivity contribution in [3.63, 3.8) is 0 Å². The molecular weight excluding hydrogens is 280 g/mol. The van der Waals surface area contributed by atoms with Crippen LogP contribution in [-0.4, -0.2) is 74.4 Å². The van der Waals surface area contributed by atoms with Gasteiger partial charge < -0.3 is 25.2 Å². The summed E-state index contributed by atoms with van der Waals surface area (Å²) >= 11 is 0. The molecule has 7 heteroatoms. The van der Waals surface area contributed by atoms with Crippen LogP contribution in [0.2, 0.25) is 0 Å². The molecule has 1 aliphatic heterocycles. The number of morpholine rings is 1. The summed E-state index contributed by atoms with van der Waals surface area (Å²) in [5, 5.41) is 0. The van der Waals surface area contributed by atoms with E-state index in [9.17, 15) is 0 Å². The molecule has 0 aromatic carbocycles. The predicted octanol–water partition coefficient (Wildman–Crippen LogP) is 0.673. The molecule has 0 radical (unpaired) electrons. The van der Waals surface area contributed by atoms with Crippen LogP contribution in [-0.2, 0) is 4.74 Å². The lowest BCUT2D eigenvalue weighted by Crippen LogP contribution is -2.37. The van der Waals surface area contributed by atoms with E-state index in [1.54, 1.807) is 0 Å². The number of hydrogen-bond donors (Lipinski definition) is 1. The van der Waals surface area contributed by atoms with Gasteiger partial charge in [-0.25, -0.2) is 0 Å². The number of nitrogen functional groups attached to an aromatic ring is 1. The Hall–Kier alpha value is -1.60. The van der Waals surface area contributed by atoms with Gasteiger partial charge in [-0.3, -0.25) is 0 Å².